The summed E-state index contributed by atoms with van der Waals surface area (Å²) in [4.78, 5) is 7.07. The summed E-state index contributed by atoms with van der Waals surface area (Å²) in [5.41, 5.74) is 9.31. The molecule has 0 amide bonds. The Balaban J connectivity index is 1.58. The number of thioether (sulfide) groups is 1. The topological polar surface area (TPSA) is 33.5 Å². The number of nitriles is 1. The first-order chi connectivity index (χ1) is 16.9. The standard InChI is InChI=1S/C29H29ClN4S/c1-19-5-11-25(13-21(19)3)33-16-32-17-34(26-12-6-20(2)22(4)14-26)28(23-7-9-24(30)10-8-23)27(15-31)29(32)35-18-33/h5-14,28H,16-18H2,1-4H3. The molecule has 0 saturated carbocycles. The van der Waals surface area contributed by atoms with E-state index in [2.05, 4.69) is 84.9 Å². The van der Waals surface area contributed by atoms with Gasteiger partial charge in [0.05, 0.1) is 35.9 Å². The molecule has 178 valence electrons. The van der Waals surface area contributed by atoms with E-state index in [-0.39, 0.29) is 6.04 Å². The Morgan fingerprint density at radius 1 is 0.800 bits per heavy atom. The van der Waals surface area contributed by atoms with Crippen LogP contribution in [0.15, 0.2) is 71.3 Å². The van der Waals surface area contributed by atoms with Crippen LogP contribution in [0.25, 0.3) is 0 Å². The van der Waals surface area contributed by atoms with Crippen molar-refractivity contribution in [2.45, 2.75) is 33.7 Å². The number of anilines is 2. The van der Waals surface area contributed by atoms with Crippen LogP contribution in [-0.4, -0.2) is 24.1 Å². The van der Waals surface area contributed by atoms with E-state index in [1.165, 1.54) is 27.9 Å². The molecule has 1 unspecified atom stereocenters. The van der Waals surface area contributed by atoms with E-state index in [1.54, 1.807) is 11.8 Å². The molecule has 2 heterocycles. The van der Waals surface area contributed by atoms with Gasteiger partial charge in [0.15, 0.2) is 0 Å². The Bertz CT molecular complexity index is 1340. The summed E-state index contributed by atoms with van der Waals surface area (Å²) in [5, 5.41) is 12.2. The maximum absolute atomic E-state index is 10.4. The van der Waals surface area contributed by atoms with Gasteiger partial charge in [-0.15, -0.1) is 0 Å². The zero-order valence-corrected chi connectivity index (χ0v) is 22.1. The van der Waals surface area contributed by atoms with Gasteiger partial charge in [-0.3, -0.25) is 0 Å². The van der Waals surface area contributed by atoms with Crippen LogP contribution in [0.1, 0.15) is 33.9 Å². The first kappa shape index (κ1) is 23.7. The van der Waals surface area contributed by atoms with E-state index < -0.39 is 0 Å². The Morgan fingerprint density at radius 2 is 1.43 bits per heavy atom. The van der Waals surface area contributed by atoms with E-state index in [9.17, 15) is 5.26 Å². The van der Waals surface area contributed by atoms with Gasteiger partial charge in [-0.1, -0.05) is 47.6 Å². The predicted octanol–water partition coefficient (Wildman–Crippen LogP) is 7.30. The monoisotopic (exact) mass is 500 g/mol. The first-order valence-corrected chi connectivity index (χ1v) is 13.2. The second kappa shape index (κ2) is 9.53. The maximum atomic E-state index is 10.4. The van der Waals surface area contributed by atoms with Crippen molar-refractivity contribution in [1.29, 1.82) is 5.26 Å². The van der Waals surface area contributed by atoms with Gasteiger partial charge < -0.3 is 14.7 Å². The minimum atomic E-state index is -0.161. The van der Waals surface area contributed by atoms with Gasteiger partial charge >= 0.3 is 0 Å². The molecule has 0 bridgehead atoms. The second-order valence-electron chi connectivity index (χ2n) is 9.43. The predicted molar refractivity (Wildman–Crippen MR) is 148 cm³/mol. The van der Waals surface area contributed by atoms with Crippen molar-refractivity contribution >= 4 is 34.7 Å². The van der Waals surface area contributed by atoms with Crippen molar-refractivity contribution in [1.82, 2.24) is 4.90 Å². The molecule has 0 aliphatic carbocycles. The van der Waals surface area contributed by atoms with Gasteiger partial charge in [0.2, 0.25) is 0 Å². The van der Waals surface area contributed by atoms with Crippen LogP contribution in [0.5, 0.6) is 0 Å². The number of nitrogens with zero attached hydrogens (tertiary/aromatic N) is 4. The number of halogens is 1. The Hall–Kier alpha value is -3.07. The Kier molecular flexibility index (Phi) is 6.44. The third-order valence-electron chi connectivity index (χ3n) is 7.11. The highest BCUT2D eigenvalue weighted by molar-refractivity contribution is 8.03. The van der Waals surface area contributed by atoms with E-state index in [1.807, 2.05) is 24.3 Å². The molecule has 0 aromatic heterocycles. The quantitative estimate of drug-likeness (QED) is 0.377. The maximum Gasteiger partial charge on any atom is 0.100 e. The van der Waals surface area contributed by atoms with Crippen LogP contribution in [0.3, 0.4) is 0 Å². The molecule has 0 spiro atoms. The summed E-state index contributed by atoms with van der Waals surface area (Å²) in [6.07, 6.45) is 0. The Morgan fingerprint density at radius 3 is 2.06 bits per heavy atom. The number of hydrogen-bond donors (Lipinski definition) is 0. The fraction of sp³-hybridized carbons (Fsp3) is 0.276. The Labute approximate surface area is 217 Å². The average molecular weight is 501 g/mol. The lowest BCUT2D eigenvalue weighted by Crippen LogP contribution is -2.51. The van der Waals surface area contributed by atoms with E-state index in [4.69, 9.17) is 11.6 Å². The molecule has 3 aromatic carbocycles. The molecule has 0 N–H and O–H groups in total. The number of rotatable bonds is 3. The molecule has 3 aromatic rings. The molecule has 35 heavy (non-hydrogen) atoms. The lowest BCUT2D eigenvalue weighted by atomic mass is 9.95. The zero-order valence-electron chi connectivity index (χ0n) is 20.5. The van der Waals surface area contributed by atoms with Crippen molar-refractivity contribution in [3.05, 3.63) is 104 Å². The van der Waals surface area contributed by atoms with Crippen LogP contribution >= 0.6 is 23.4 Å². The van der Waals surface area contributed by atoms with Gasteiger partial charge in [-0.2, -0.15) is 5.26 Å². The molecule has 1 fully saturated rings. The highest BCUT2D eigenvalue weighted by Gasteiger charge is 2.38. The SMILES string of the molecule is Cc1ccc(N2CSC3=C(C#N)C(c4ccc(Cl)cc4)N(c4ccc(C)c(C)c4)CN3C2)cc1C. The molecule has 5 rings (SSSR count). The molecule has 2 aliphatic rings. The largest absolute Gasteiger partial charge is 0.344 e. The molecule has 6 heteroatoms. The molecule has 2 aliphatic heterocycles. The van der Waals surface area contributed by atoms with Crippen molar-refractivity contribution in [3.63, 3.8) is 0 Å². The smallest absolute Gasteiger partial charge is 0.100 e. The van der Waals surface area contributed by atoms with Crippen molar-refractivity contribution in [3.8, 4) is 6.07 Å². The summed E-state index contributed by atoms with van der Waals surface area (Å²) in [6, 6.07) is 23.6. The van der Waals surface area contributed by atoms with Crippen molar-refractivity contribution < 1.29 is 0 Å². The summed E-state index contributed by atoms with van der Waals surface area (Å²) >= 11 is 7.96. The molecular weight excluding hydrogens is 472 g/mol. The number of fused-ring (bicyclic) bond motifs is 1. The molecule has 1 saturated heterocycles. The molecular formula is C29H29ClN4S. The van der Waals surface area contributed by atoms with Gasteiger partial charge in [0, 0.05) is 16.4 Å². The minimum absolute atomic E-state index is 0.161. The van der Waals surface area contributed by atoms with Crippen LogP contribution in [-0.2, 0) is 0 Å². The van der Waals surface area contributed by atoms with Crippen LogP contribution in [0.2, 0.25) is 5.02 Å². The highest BCUT2D eigenvalue weighted by Crippen LogP contribution is 2.45. The molecule has 0 radical (unpaired) electrons. The molecule has 4 nitrogen and oxygen atoms in total. The third kappa shape index (κ3) is 4.49. The zero-order chi connectivity index (χ0) is 24.7. The molecule has 1 atom stereocenters. The normalized spacial score (nSPS) is 17.9. The lowest BCUT2D eigenvalue weighted by Gasteiger charge is -2.49. The van der Waals surface area contributed by atoms with Crippen LogP contribution in [0, 0.1) is 39.0 Å². The number of benzene rings is 3. The second-order valence-corrected chi connectivity index (χ2v) is 10.8. The number of aryl methyl sites for hydroxylation is 4. The summed E-state index contributed by atoms with van der Waals surface area (Å²) < 4.78 is 0. The summed E-state index contributed by atoms with van der Waals surface area (Å²) in [7, 11) is 0. The van der Waals surface area contributed by atoms with Crippen LogP contribution in [0.4, 0.5) is 11.4 Å². The van der Waals surface area contributed by atoms with E-state index in [0.29, 0.717) is 11.7 Å². The lowest BCUT2D eigenvalue weighted by molar-refractivity contribution is 0.326. The minimum Gasteiger partial charge on any atom is -0.344 e. The van der Waals surface area contributed by atoms with Gasteiger partial charge in [-0.05, 0) is 91.9 Å². The summed E-state index contributed by atoms with van der Waals surface area (Å²) in [6.45, 7) is 10.0. The average Bonchev–Trinajstić information content (AvgIpc) is 2.86. The third-order valence-corrected chi connectivity index (χ3v) is 8.55. The van der Waals surface area contributed by atoms with Gasteiger partial charge in [0.1, 0.15) is 6.07 Å². The fourth-order valence-corrected chi connectivity index (χ4v) is 6.00. The van der Waals surface area contributed by atoms with Gasteiger partial charge in [0.25, 0.3) is 0 Å². The fourth-order valence-electron chi connectivity index (χ4n) is 4.75. The first-order valence-electron chi connectivity index (χ1n) is 11.8. The number of hydrogen-bond acceptors (Lipinski definition) is 5. The van der Waals surface area contributed by atoms with Gasteiger partial charge in [-0.25, -0.2) is 0 Å². The van der Waals surface area contributed by atoms with Crippen LogP contribution < -0.4 is 9.80 Å². The van der Waals surface area contributed by atoms with E-state index >= 15 is 0 Å². The van der Waals surface area contributed by atoms with E-state index in [0.717, 1.165) is 34.4 Å². The van der Waals surface area contributed by atoms with Crippen molar-refractivity contribution in [2.75, 3.05) is 29.0 Å². The highest BCUT2D eigenvalue weighted by atomic mass is 35.5. The summed E-state index contributed by atoms with van der Waals surface area (Å²) in [5.74, 6) is 0.816. The van der Waals surface area contributed by atoms with Crippen molar-refractivity contribution in [2.24, 2.45) is 0 Å².